The quantitative estimate of drug-likeness (QED) is 0.744. The van der Waals surface area contributed by atoms with Crippen LogP contribution in [0.1, 0.15) is 35.0 Å². The van der Waals surface area contributed by atoms with Crippen molar-refractivity contribution in [3.8, 4) is 0 Å². The third kappa shape index (κ3) is 4.26. The number of thiophene rings is 1. The Balaban J connectivity index is 1.74. The van der Waals surface area contributed by atoms with Gasteiger partial charge in [-0.15, -0.1) is 11.3 Å². The van der Waals surface area contributed by atoms with Gasteiger partial charge in [-0.05, 0) is 49.6 Å². The van der Waals surface area contributed by atoms with Gasteiger partial charge in [0.2, 0.25) is 11.8 Å². The number of nitrogens with one attached hydrogen (secondary N) is 3. The molecule has 6 nitrogen and oxygen atoms in total. The van der Waals surface area contributed by atoms with Gasteiger partial charge in [-0.1, -0.05) is 0 Å². The molecule has 1 aromatic carbocycles. The Morgan fingerprint density at radius 2 is 1.85 bits per heavy atom. The zero-order valence-corrected chi connectivity index (χ0v) is 15.1. The Hall–Kier alpha value is -2.74. The summed E-state index contributed by atoms with van der Waals surface area (Å²) < 4.78 is 14.0. The van der Waals surface area contributed by atoms with Crippen LogP contribution in [0.25, 0.3) is 0 Å². The molecule has 1 aliphatic carbocycles. The average Bonchev–Trinajstić information content (AvgIpc) is 3.34. The van der Waals surface area contributed by atoms with Crippen molar-refractivity contribution in [3.63, 3.8) is 0 Å². The smallest absolute Gasteiger partial charge is 0.266 e. The van der Waals surface area contributed by atoms with Gasteiger partial charge in [0.25, 0.3) is 5.91 Å². The predicted octanol–water partition coefficient (Wildman–Crippen LogP) is 3.75. The number of carbonyl (C=O) groups excluding carboxylic acids is 3. The topological polar surface area (TPSA) is 87.3 Å². The molecule has 1 aliphatic rings. The maximum Gasteiger partial charge on any atom is 0.266 e. The first kappa shape index (κ1) is 18.1. The molecule has 1 heterocycles. The third-order valence-corrected chi connectivity index (χ3v) is 5.00. The van der Waals surface area contributed by atoms with Crippen LogP contribution in [-0.4, -0.2) is 17.7 Å². The minimum Gasteiger partial charge on any atom is -0.326 e. The highest BCUT2D eigenvalue weighted by molar-refractivity contribution is 7.18. The molecule has 3 amide bonds. The van der Waals surface area contributed by atoms with Crippen molar-refractivity contribution in [2.24, 2.45) is 5.92 Å². The van der Waals surface area contributed by atoms with Crippen molar-refractivity contribution in [1.29, 1.82) is 0 Å². The number of hydrogen-bond acceptors (Lipinski definition) is 4. The van der Waals surface area contributed by atoms with Crippen molar-refractivity contribution in [3.05, 3.63) is 40.5 Å². The van der Waals surface area contributed by atoms with Gasteiger partial charge < -0.3 is 16.0 Å². The molecule has 3 N–H and O–H groups in total. The second-order valence-corrected chi connectivity index (χ2v) is 7.27. The number of rotatable bonds is 5. The Morgan fingerprint density at radius 1 is 1.12 bits per heavy atom. The Morgan fingerprint density at radius 3 is 2.50 bits per heavy atom. The zero-order valence-electron chi connectivity index (χ0n) is 14.3. The molecular weight excluding hydrogens is 357 g/mol. The summed E-state index contributed by atoms with van der Waals surface area (Å²) in [6.45, 7) is 3.09. The maximum atomic E-state index is 14.0. The first-order chi connectivity index (χ1) is 12.3. The minimum atomic E-state index is -0.607. The molecule has 0 atom stereocenters. The highest BCUT2D eigenvalue weighted by Gasteiger charge is 2.30. The molecule has 0 bridgehead atoms. The van der Waals surface area contributed by atoms with Gasteiger partial charge in [0, 0.05) is 18.5 Å². The minimum absolute atomic E-state index is 0.0300. The molecule has 26 heavy (non-hydrogen) atoms. The summed E-state index contributed by atoms with van der Waals surface area (Å²) in [6, 6.07) is 5.66. The fraction of sp³-hybridized carbons (Fsp3) is 0.278. The summed E-state index contributed by atoms with van der Waals surface area (Å²) in [6.07, 6.45) is 1.79. The number of hydrogen-bond donors (Lipinski definition) is 3. The summed E-state index contributed by atoms with van der Waals surface area (Å²) in [7, 11) is 0. The fourth-order valence-electron chi connectivity index (χ4n) is 2.42. The molecule has 0 spiro atoms. The summed E-state index contributed by atoms with van der Waals surface area (Å²) >= 11 is 1.14. The Labute approximate surface area is 153 Å². The number of amides is 3. The van der Waals surface area contributed by atoms with Crippen LogP contribution >= 0.6 is 11.3 Å². The van der Waals surface area contributed by atoms with Crippen molar-refractivity contribution >= 4 is 45.4 Å². The van der Waals surface area contributed by atoms with E-state index in [1.807, 2.05) is 0 Å². The SMILES string of the molecule is CC(=O)Nc1ccc(F)c(NC(=O)c2sc(NC(=O)C3CC3)cc2C)c1. The van der Waals surface area contributed by atoms with Crippen molar-refractivity contribution in [2.75, 3.05) is 16.0 Å². The monoisotopic (exact) mass is 375 g/mol. The van der Waals surface area contributed by atoms with Crippen LogP contribution in [0.15, 0.2) is 24.3 Å². The van der Waals surface area contributed by atoms with Crippen molar-refractivity contribution in [1.82, 2.24) is 0 Å². The lowest BCUT2D eigenvalue weighted by Crippen LogP contribution is -2.13. The largest absolute Gasteiger partial charge is 0.326 e. The van der Waals surface area contributed by atoms with Crippen LogP contribution in [0, 0.1) is 18.7 Å². The van der Waals surface area contributed by atoms with Crippen LogP contribution < -0.4 is 16.0 Å². The number of carbonyl (C=O) groups is 3. The van der Waals surface area contributed by atoms with Gasteiger partial charge in [0.15, 0.2) is 0 Å². The van der Waals surface area contributed by atoms with Gasteiger partial charge >= 0.3 is 0 Å². The van der Waals surface area contributed by atoms with E-state index in [9.17, 15) is 18.8 Å². The highest BCUT2D eigenvalue weighted by Crippen LogP contribution is 2.33. The van der Waals surface area contributed by atoms with Gasteiger partial charge in [-0.3, -0.25) is 14.4 Å². The van der Waals surface area contributed by atoms with Crippen LogP contribution in [0.5, 0.6) is 0 Å². The lowest BCUT2D eigenvalue weighted by atomic mass is 10.2. The van der Waals surface area contributed by atoms with Crippen LogP contribution in [0.3, 0.4) is 0 Å². The summed E-state index contributed by atoms with van der Waals surface area (Å²) in [5, 5.41) is 8.45. The number of halogens is 1. The van der Waals surface area contributed by atoms with Crippen molar-refractivity contribution in [2.45, 2.75) is 26.7 Å². The Kier molecular flexibility index (Phi) is 5.03. The normalized spacial score (nSPS) is 13.2. The van der Waals surface area contributed by atoms with E-state index in [4.69, 9.17) is 0 Å². The standard InChI is InChI=1S/C18H18FN3O3S/c1-9-7-15(22-17(24)11-3-4-11)26-16(9)18(25)21-14-8-12(20-10(2)23)5-6-13(14)19/h5-8,11H,3-4H2,1-2H3,(H,20,23)(H,21,25)(H,22,24). The van der Waals surface area contributed by atoms with E-state index in [2.05, 4.69) is 16.0 Å². The molecule has 0 aliphatic heterocycles. The van der Waals surface area contributed by atoms with Crippen LogP contribution in [-0.2, 0) is 9.59 Å². The van der Waals surface area contributed by atoms with Crippen molar-refractivity contribution < 1.29 is 18.8 Å². The summed E-state index contributed by atoms with van der Waals surface area (Å²) in [5.41, 5.74) is 1.05. The predicted molar refractivity (Wildman–Crippen MR) is 99.1 cm³/mol. The number of benzene rings is 1. The first-order valence-electron chi connectivity index (χ1n) is 8.13. The lowest BCUT2D eigenvalue weighted by molar-refractivity contribution is -0.117. The maximum absolute atomic E-state index is 14.0. The van der Waals surface area contributed by atoms with Gasteiger partial charge in [0.1, 0.15) is 5.82 Å². The summed E-state index contributed by atoms with van der Waals surface area (Å²) in [4.78, 5) is 35.8. The molecule has 136 valence electrons. The molecular formula is C18H18FN3O3S. The lowest BCUT2D eigenvalue weighted by Gasteiger charge is -2.09. The molecule has 1 saturated carbocycles. The van der Waals surface area contributed by atoms with E-state index in [1.54, 1.807) is 13.0 Å². The van der Waals surface area contributed by atoms with Gasteiger partial charge in [-0.2, -0.15) is 0 Å². The van der Waals surface area contributed by atoms with E-state index < -0.39 is 11.7 Å². The first-order valence-corrected chi connectivity index (χ1v) is 8.95. The van der Waals surface area contributed by atoms with Crippen LogP contribution in [0.2, 0.25) is 0 Å². The zero-order chi connectivity index (χ0) is 18.8. The van der Waals surface area contributed by atoms with E-state index >= 15 is 0 Å². The molecule has 1 fully saturated rings. The van der Waals surface area contributed by atoms with E-state index in [0.717, 1.165) is 24.2 Å². The molecule has 3 rings (SSSR count). The number of aryl methyl sites for hydroxylation is 1. The fourth-order valence-corrected chi connectivity index (χ4v) is 3.39. The van der Waals surface area contributed by atoms with Crippen LogP contribution in [0.4, 0.5) is 20.8 Å². The Bertz CT molecular complexity index is 890. The number of anilines is 3. The van der Waals surface area contributed by atoms with E-state index in [0.29, 0.717) is 21.1 Å². The molecule has 8 heteroatoms. The summed E-state index contributed by atoms with van der Waals surface area (Å²) in [5.74, 6) is -1.34. The van der Waals surface area contributed by atoms with E-state index in [-0.39, 0.29) is 23.4 Å². The van der Waals surface area contributed by atoms with E-state index in [1.165, 1.54) is 25.1 Å². The third-order valence-electron chi connectivity index (χ3n) is 3.85. The average molecular weight is 375 g/mol. The van der Waals surface area contributed by atoms with Gasteiger partial charge in [0.05, 0.1) is 15.6 Å². The highest BCUT2D eigenvalue weighted by atomic mass is 32.1. The molecule has 0 saturated heterocycles. The molecule has 2 aromatic rings. The molecule has 1 aromatic heterocycles. The van der Waals surface area contributed by atoms with Gasteiger partial charge in [-0.25, -0.2) is 4.39 Å². The second kappa shape index (κ2) is 7.25. The molecule has 0 radical (unpaired) electrons. The molecule has 0 unspecified atom stereocenters. The second-order valence-electron chi connectivity index (χ2n) is 6.22.